The maximum absolute atomic E-state index is 12.5. The van der Waals surface area contributed by atoms with Gasteiger partial charge in [0, 0.05) is 24.3 Å². The molecule has 0 aliphatic rings. The minimum absolute atomic E-state index is 0. The van der Waals surface area contributed by atoms with Gasteiger partial charge in [0.1, 0.15) is 0 Å². The fourth-order valence-electron chi connectivity index (χ4n) is 2.53. The number of hydrogen-bond acceptors (Lipinski definition) is 3. The lowest BCUT2D eigenvalue weighted by Crippen LogP contribution is -2.31. The maximum Gasteiger partial charge on any atom is 0.251 e. The summed E-state index contributed by atoms with van der Waals surface area (Å²) < 4.78 is 0. The Labute approximate surface area is 154 Å². The monoisotopic (exact) mass is 361 g/mol. The van der Waals surface area contributed by atoms with E-state index in [1.807, 2.05) is 37.3 Å². The molecule has 0 bridgehead atoms. The van der Waals surface area contributed by atoms with E-state index in [0.29, 0.717) is 11.3 Å². The van der Waals surface area contributed by atoms with Gasteiger partial charge >= 0.3 is 0 Å². The fraction of sp³-hybridized carbons (Fsp3) is 0.263. The predicted octanol–water partition coefficient (Wildman–Crippen LogP) is 3.05. The lowest BCUT2D eigenvalue weighted by Gasteiger charge is -2.21. The molecule has 0 spiro atoms. The number of nitrogens with one attached hydrogen (secondary N) is 2. The molecule has 2 unspecified atom stereocenters. The molecular formula is C19H24ClN3O2. The SMILES string of the molecule is CNC(=O)c1cccc(NC(=O)C(C)C(N)c2ccccc2)c1C.Cl. The van der Waals surface area contributed by atoms with Crippen LogP contribution in [0.15, 0.2) is 48.5 Å². The van der Waals surface area contributed by atoms with Crippen molar-refractivity contribution in [3.8, 4) is 0 Å². The van der Waals surface area contributed by atoms with Crippen LogP contribution in [0.25, 0.3) is 0 Å². The molecule has 134 valence electrons. The van der Waals surface area contributed by atoms with Crippen molar-refractivity contribution in [1.29, 1.82) is 0 Å². The molecule has 0 radical (unpaired) electrons. The van der Waals surface area contributed by atoms with Gasteiger partial charge < -0.3 is 16.4 Å². The number of carbonyl (C=O) groups is 2. The quantitative estimate of drug-likeness (QED) is 0.765. The molecule has 0 saturated heterocycles. The molecule has 0 aliphatic carbocycles. The predicted molar refractivity (Wildman–Crippen MR) is 103 cm³/mol. The summed E-state index contributed by atoms with van der Waals surface area (Å²) >= 11 is 0. The summed E-state index contributed by atoms with van der Waals surface area (Å²) in [5.41, 5.74) is 9.00. The zero-order valence-electron chi connectivity index (χ0n) is 14.6. The molecule has 2 amide bonds. The molecule has 0 heterocycles. The minimum atomic E-state index is -0.407. The normalized spacial score (nSPS) is 12.5. The first-order valence-corrected chi connectivity index (χ1v) is 7.88. The Morgan fingerprint density at radius 2 is 1.68 bits per heavy atom. The average molecular weight is 362 g/mol. The van der Waals surface area contributed by atoms with E-state index in [9.17, 15) is 9.59 Å². The number of nitrogens with two attached hydrogens (primary N) is 1. The van der Waals surface area contributed by atoms with E-state index in [1.165, 1.54) is 0 Å². The third-order valence-electron chi connectivity index (χ3n) is 4.20. The summed E-state index contributed by atoms with van der Waals surface area (Å²) in [5, 5.41) is 5.47. The van der Waals surface area contributed by atoms with Gasteiger partial charge in [-0.25, -0.2) is 0 Å². The zero-order chi connectivity index (χ0) is 17.7. The van der Waals surface area contributed by atoms with Crippen LogP contribution in [0.4, 0.5) is 5.69 Å². The van der Waals surface area contributed by atoms with Crippen molar-refractivity contribution in [1.82, 2.24) is 5.32 Å². The molecule has 0 aromatic heterocycles. The molecule has 2 aromatic carbocycles. The van der Waals surface area contributed by atoms with E-state index in [2.05, 4.69) is 10.6 Å². The van der Waals surface area contributed by atoms with Crippen LogP contribution >= 0.6 is 12.4 Å². The van der Waals surface area contributed by atoms with Gasteiger partial charge in [-0.15, -0.1) is 12.4 Å². The van der Waals surface area contributed by atoms with Crippen molar-refractivity contribution >= 4 is 29.9 Å². The largest absolute Gasteiger partial charge is 0.355 e. The Morgan fingerprint density at radius 3 is 2.28 bits per heavy atom. The fourth-order valence-corrected chi connectivity index (χ4v) is 2.53. The van der Waals surface area contributed by atoms with E-state index in [0.717, 1.165) is 11.1 Å². The van der Waals surface area contributed by atoms with Crippen molar-refractivity contribution in [2.75, 3.05) is 12.4 Å². The molecule has 2 rings (SSSR count). The third kappa shape index (κ3) is 4.81. The Hall–Kier alpha value is -2.37. The number of amides is 2. The molecule has 4 N–H and O–H groups in total. The highest BCUT2D eigenvalue weighted by Gasteiger charge is 2.23. The van der Waals surface area contributed by atoms with Crippen LogP contribution in [0, 0.1) is 12.8 Å². The van der Waals surface area contributed by atoms with Gasteiger partial charge in [0.15, 0.2) is 0 Å². The second-order valence-electron chi connectivity index (χ2n) is 5.77. The highest BCUT2D eigenvalue weighted by atomic mass is 35.5. The number of rotatable bonds is 5. The Kier molecular flexibility index (Phi) is 7.61. The van der Waals surface area contributed by atoms with Crippen LogP contribution in [-0.2, 0) is 4.79 Å². The number of anilines is 1. The first kappa shape index (κ1) is 20.7. The minimum Gasteiger partial charge on any atom is -0.355 e. The van der Waals surface area contributed by atoms with Gasteiger partial charge in [0.05, 0.1) is 5.92 Å². The van der Waals surface area contributed by atoms with Crippen LogP contribution in [0.5, 0.6) is 0 Å². The average Bonchev–Trinajstić information content (AvgIpc) is 2.62. The number of carbonyl (C=O) groups excluding carboxylic acids is 2. The van der Waals surface area contributed by atoms with E-state index < -0.39 is 12.0 Å². The van der Waals surface area contributed by atoms with E-state index in [4.69, 9.17) is 5.73 Å². The maximum atomic E-state index is 12.5. The molecule has 6 heteroatoms. The van der Waals surface area contributed by atoms with Crippen LogP contribution in [-0.4, -0.2) is 18.9 Å². The summed E-state index contributed by atoms with van der Waals surface area (Å²) in [7, 11) is 1.58. The Balaban J connectivity index is 0.00000312. The number of halogens is 1. The van der Waals surface area contributed by atoms with Gasteiger partial charge in [0.2, 0.25) is 5.91 Å². The summed E-state index contributed by atoms with van der Waals surface area (Å²) in [6, 6.07) is 14.4. The smallest absolute Gasteiger partial charge is 0.251 e. The molecule has 25 heavy (non-hydrogen) atoms. The third-order valence-corrected chi connectivity index (χ3v) is 4.20. The van der Waals surface area contributed by atoms with Crippen molar-refractivity contribution in [3.63, 3.8) is 0 Å². The van der Waals surface area contributed by atoms with Gasteiger partial charge in [-0.2, -0.15) is 0 Å². The van der Waals surface area contributed by atoms with Crippen LogP contribution in [0.3, 0.4) is 0 Å². The van der Waals surface area contributed by atoms with Crippen molar-refractivity contribution in [2.45, 2.75) is 19.9 Å². The molecule has 2 aromatic rings. The van der Waals surface area contributed by atoms with E-state index in [-0.39, 0.29) is 24.2 Å². The van der Waals surface area contributed by atoms with Crippen LogP contribution < -0.4 is 16.4 Å². The van der Waals surface area contributed by atoms with E-state index >= 15 is 0 Å². The molecule has 5 nitrogen and oxygen atoms in total. The van der Waals surface area contributed by atoms with Crippen molar-refractivity contribution in [2.24, 2.45) is 11.7 Å². The lowest BCUT2D eigenvalue weighted by molar-refractivity contribution is -0.120. The lowest BCUT2D eigenvalue weighted by atomic mass is 9.94. The van der Waals surface area contributed by atoms with Gasteiger partial charge in [-0.05, 0) is 30.2 Å². The summed E-state index contributed by atoms with van der Waals surface area (Å²) in [6.07, 6.45) is 0. The second kappa shape index (κ2) is 9.20. The van der Waals surface area contributed by atoms with Crippen molar-refractivity contribution in [3.05, 3.63) is 65.2 Å². The first-order valence-electron chi connectivity index (χ1n) is 7.88. The highest BCUT2D eigenvalue weighted by Crippen LogP contribution is 2.23. The zero-order valence-corrected chi connectivity index (χ0v) is 15.4. The summed E-state index contributed by atoms with van der Waals surface area (Å²) in [5.74, 6) is -0.767. The number of benzene rings is 2. The van der Waals surface area contributed by atoms with E-state index in [1.54, 1.807) is 32.2 Å². The van der Waals surface area contributed by atoms with Crippen LogP contribution in [0.2, 0.25) is 0 Å². The molecule has 0 aliphatic heterocycles. The molecule has 2 atom stereocenters. The van der Waals surface area contributed by atoms with Gasteiger partial charge in [0.25, 0.3) is 5.91 Å². The Bertz CT molecular complexity index is 735. The van der Waals surface area contributed by atoms with Crippen molar-refractivity contribution < 1.29 is 9.59 Å². The molecule has 0 fully saturated rings. The highest BCUT2D eigenvalue weighted by molar-refractivity contribution is 5.99. The van der Waals surface area contributed by atoms with Gasteiger partial charge in [-0.3, -0.25) is 9.59 Å². The summed E-state index contributed by atoms with van der Waals surface area (Å²) in [4.78, 5) is 24.4. The first-order chi connectivity index (χ1) is 11.5. The standard InChI is InChI=1S/C19H23N3O2.ClH/c1-12-15(19(24)21-3)10-7-11-16(12)22-18(23)13(2)17(20)14-8-5-4-6-9-14;/h4-11,13,17H,20H2,1-3H3,(H,21,24)(H,22,23);1H. The Morgan fingerprint density at radius 1 is 1.04 bits per heavy atom. The second-order valence-corrected chi connectivity index (χ2v) is 5.77. The molecular weight excluding hydrogens is 338 g/mol. The summed E-state index contributed by atoms with van der Waals surface area (Å²) in [6.45, 7) is 3.60. The number of hydrogen-bond donors (Lipinski definition) is 3. The molecule has 0 saturated carbocycles. The van der Waals surface area contributed by atoms with Crippen LogP contribution in [0.1, 0.15) is 34.5 Å². The van der Waals surface area contributed by atoms with Gasteiger partial charge in [-0.1, -0.05) is 43.3 Å². The topological polar surface area (TPSA) is 84.2 Å².